The smallest absolute Gasteiger partial charge is 0.319 e. The van der Waals surface area contributed by atoms with Gasteiger partial charge in [-0.05, 0) is 49.8 Å². The summed E-state index contributed by atoms with van der Waals surface area (Å²) in [4.78, 5) is 35.2. The van der Waals surface area contributed by atoms with Gasteiger partial charge in [-0.3, -0.25) is 9.59 Å². The molecule has 4 N–H and O–H groups in total. The number of hydrogen-bond acceptors (Lipinski definition) is 3. The number of carboxylic acids is 1. The van der Waals surface area contributed by atoms with E-state index < -0.39 is 5.97 Å². The van der Waals surface area contributed by atoms with Gasteiger partial charge < -0.3 is 21.1 Å². The summed E-state index contributed by atoms with van der Waals surface area (Å²) in [6.45, 7) is 4.56. The summed E-state index contributed by atoms with van der Waals surface area (Å²) in [6.07, 6.45) is 2.40. The molecule has 0 aromatic heterocycles. The van der Waals surface area contributed by atoms with Crippen LogP contribution >= 0.6 is 11.6 Å². The fourth-order valence-electron chi connectivity index (χ4n) is 3.01. The van der Waals surface area contributed by atoms with E-state index in [0.717, 1.165) is 0 Å². The van der Waals surface area contributed by atoms with E-state index >= 15 is 0 Å². The van der Waals surface area contributed by atoms with Crippen LogP contribution in [-0.4, -0.2) is 35.6 Å². The fourth-order valence-corrected chi connectivity index (χ4v) is 3.27. The van der Waals surface area contributed by atoms with Gasteiger partial charge in [-0.2, -0.15) is 0 Å². The monoisotopic (exact) mass is 395 g/mol. The van der Waals surface area contributed by atoms with Gasteiger partial charge in [0, 0.05) is 18.3 Å². The van der Waals surface area contributed by atoms with E-state index in [1.807, 2.05) is 13.8 Å². The summed E-state index contributed by atoms with van der Waals surface area (Å²) in [5, 5.41) is 17.6. The Morgan fingerprint density at radius 2 is 1.85 bits per heavy atom. The molecule has 0 heterocycles. The van der Waals surface area contributed by atoms with Crippen molar-refractivity contribution in [3.8, 4) is 0 Å². The van der Waals surface area contributed by atoms with Gasteiger partial charge in [-0.15, -0.1) is 0 Å². The van der Waals surface area contributed by atoms with Crippen LogP contribution in [0.3, 0.4) is 0 Å². The first kappa shape index (κ1) is 21.0. The fraction of sp³-hybridized carbons (Fsp3) is 0.526. The lowest BCUT2D eigenvalue weighted by Crippen LogP contribution is -2.41. The molecule has 27 heavy (non-hydrogen) atoms. The molecule has 1 aliphatic carbocycles. The summed E-state index contributed by atoms with van der Waals surface area (Å²) < 4.78 is 0. The molecule has 1 aliphatic rings. The van der Waals surface area contributed by atoms with E-state index in [-0.39, 0.29) is 28.9 Å². The van der Waals surface area contributed by atoms with Crippen molar-refractivity contribution in [2.75, 3.05) is 11.9 Å². The molecule has 2 rings (SSSR count). The molecule has 0 atom stereocenters. The Morgan fingerprint density at radius 1 is 1.19 bits per heavy atom. The first-order valence-corrected chi connectivity index (χ1v) is 9.52. The molecule has 0 spiro atoms. The predicted octanol–water partition coefficient (Wildman–Crippen LogP) is 3.49. The van der Waals surface area contributed by atoms with Gasteiger partial charge >= 0.3 is 12.0 Å². The third-order valence-corrected chi connectivity index (χ3v) is 4.87. The topological polar surface area (TPSA) is 108 Å². The summed E-state index contributed by atoms with van der Waals surface area (Å²) in [5.41, 5.74) is 0.840. The van der Waals surface area contributed by atoms with E-state index in [2.05, 4.69) is 16.0 Å². The maximum atomic E-state index is 12.1. The molecule has 7 nitrogen and oxygen atoms in total. The third kappa shape index (κ3) is 6.43. The lowest BCUT2D eigenvalue weighted by atomic mass is 9.86. The molecule has 1 fully saturated rings. The Kier molecular flexibility index (Phi) is 7.47. The molecule has 0 unspecified atom stereocenters. The molecule has 0 radical (unpaired) electrons. The largest absolute Gasteiger partial charge is 0.481 e. The molecule has 8 heteroatoms. The van der Waals surface area contributed by atoms with Crippen molar-refractivity contribution < 1.29 is 19.5 Å². The highest BCUT2D eigenvalue weighted by Gasteiger charge is 2.26. The number of anilines is 1. The highest BCUT2D eigenvalue weighted by Crippen LogP contribution is 2.25. The summed E-state index contributed by atoms with van der Waals surface area (Å²) in [5.74, 6) is -1.01. The predicted molar refractivity (Wildman–Crippen MR) is 104 cm³/mol. The van der Waals surface area contributed by atoms with Gasteiger partial charge in [0.15, 0.2) is 0 Å². The number of rotatable bonds is 6. The Bertz CT molecular complexity index is 700. The maximum Gasteiger partial charge on any atom is 0.319 e. The molecule has 1 aromatic rings. The van der Waals surface area contributed by atoms with Crippen LogP contribution in [-0.2, 0) is 4.79 Å². The average Bonchev–Trinajstić information content (AvgIpc) is 2.60. The number of hydrogen-bond donors (Lipinski definition) is 4. The lowest BCUT2D eigenvalue weighted by Gasteiger charge is -2.26. The number of halogens is 1. The summed E-state index contributed by atoms with van der Waals surface area (Å²) in [7, 11) is 0. The van der Waals surface area contributed by atoms with Crippen LogP contribution in [0.5, 0.6) is 0 Å². The van der Waals surface area contributed by atoms with Crippen LogP contribution < -0.4 is 16.0 Å². The van der Waals surface area contributed by atoms with E-state index in [4.69, 9.17) is 16.7 Å². The van der Waals surface area contributed by atoms with Crippen molar-refractivity contribution in [3.63, 3.8) is 0 Å². The van der Waals surface area contributed by atoms with Gasteiger partial charge in [-0.25, -0.2) is 4.79 Å². The highest BCUT2D eigenvalue weighted by atomic mass is 35.5. The second kappa shape index (κ2) is 9.60. The number of benzene rings is 1. The van der Waals surface area contributed by atoms with E-state index in [0.29, 0.717) is 49.4 Å². The van der Waals surface area contributed by atoms with Gasteiger partial charge in [0.2, 0.25) is 0 Å². The summed E-state index contributed by atoms with van der Waals surface area (Å²) >= 11 is 6.17. The zero-order chi connectivity index (χ0) is 20.0. The molecule has 0 bridgehead atoms. The second-order valence-corrected chi connectivity index (χ2v) is 7.69. The van der Waals surface area contributed by atoms with Gasteiger partial charge in [0.1, 0.15) is 0 Å². The van der Waals surface area contributed by atoms with E-state index in [9.17, 15) is 14.4 Å². The van der Waals surface area contributed by atoms with E-state index in [1.165, 1.54) is 6.07 Å². The van der Waals surface area contributed by atoms with Crippen molar-refractivity contribution in [1.29, 1.82) is 0 Å². The van der Waals surface area contributed by atoms with Crippen LogP contribution in [0.2, 0.25) is 5.02 Å². The zero-order valence-corrected chi connectivity index (χ0v) is 16.3. The maximum absolute atomic E-state index is 12.1. The first-order chi connectivity index (χ1) is 12.8. The molecule has 0 saturated heterocycles. The molecule has 1 saturated carbocycles. The SMILES string of the molecule is CC(C)CNC(=O)c1ccc(NC(=O)NC2CCC(C(=O)O)CC2)cc1Cl. The van der Waals surface area contributed by atoms with Crippen molar-refractivity contribution >= 4 is 35.2 Å². The van der Waals surface area contributed by atoms with Crippen LogP contribution in [0, 0.1) is 11.8 Å². The van der Waals surface area contributed by atoms with Crippen molar-refractivity contribution in [1.82, 2.24) is 10.6 Å². The lowest BCUT2D eigenvalue weighted by molar-refractivity contribution is -0.142. The first-order valence-electron chi connectivity index (χ1n) is 9.14. The number of aliphatic carboxylic acids is 1. The quantitative estimate of drug-likeness (QED) is 0.591. The summed E-state index contributed by atoms with van der Waals surface area (Å²) in [6, 6.07) is 4.31. The Hall–Kier alpha value is -2.28. The Morgan fingerprint density at radius 3 is 2.41 bits per heavy atom. The number of urea groups is 1. The highest BCUT2D eigenvalue weighted by molar-refractivity contribution is 6.34. The molecule has 1 aromatic carbocycles. The molecule has 3 amide bonds. The van der Waals surface area contributed by atoms with Crippen LogP contribution in [0.4, 0.5) is 10.5 Å². The third-order valence-electron chi connectivity index (χ3n) is 4.55. The normalized spacial score (nSPS) is 19.4. The number of carboxylic acid groups (broad SMARTS) is 1. The molecule has 148 valence electrons. The van der Waals surface area contributed by atoms with Crippen LogP contribution in [0.15, 0.2) is 18.2 Å². The minimum absolute atomic E-state index is 0.0443. The molecular formula is C19H26ClN3O4. The molecular weight excluding hydrogens is 370 g/mol. The standard InChI is InChI=1S/C19H26ClN3O4/c1-11(2)10-21-17(24)15-8-7-14(9-16(15)20)23-19(27)22-13-5-3-12(4-6-13)18(25)26/h7-9,11-13H,3-6,10H2,1-2H3,(H,21,24)(H,25,26)(H2,22,23,27). The number of amides is 3. The van der Waals surface area contributed by atoms with E-state index in [1.54, 1.807) is 12.1 Å². The average molecular weight is 396 g/mol. The minimum atomic E-state index is -0.773. The number of carbonyl (C=O) groups is 3. The van der Waals surface area contributed by atoms with Crippen molar-refractivity contribution in [3.05, 3.63) is 28.8 Å². The zero-order valence-electron chi connectivity index (χ0n) is 15.5. The number of nitrogens with one attached hydrogen (secondary N) is 3. The van der Waals surface area contributed by atoms with Crippen molar-refractivity contribution in [2.24, 2.45) is 11.8 Å². The van der Waals surface area contributed by atoms with Crippen molar-refractivity contribution in [2.45, 2.75) is 45.6 Å². The van der Waals surface area contributed by atoms with Crippen LogP contribution in [0.25, 0.3) is 0 Å². The van der Waals surface area contributed by atoms with Gasteiger partial charge in [0.25, 0.3) is 5.91 Å². The Labute approximate surface area is 163 Å². The minimum Gasteiger partial charge on any atom is -0.481 e. The second-order valence-electron chi connectivity index (χ2n) is 7.28. The van der Waals surface area contributed by atoms with Gasteiger partial charge in [0.05, 0.1) is 16.5 Å². The van der Waals surface area contributed by atoms with Crippen LogP contribution in [0.1, 0.15) is 49.9 Å². The molecule has 0 aliphatic heterocycles. The number of carbonyl (C=O) groups excluding carboxylic acids is 2. The van der Waals surface area contributed by atoms with Gasteiger partial charge in [-0.1, -0.05) is 25.4 Å². The Balaban J connectivity index is 1.86.